The maximum atomic E-state index is 11.9. The molecular formula is C14H19N3O3. The van der Waals surface area contributed by atoms with Crippen LogP contribution in [0.25, 0.3) is 0 Å². The fourth-order valence-electron chi connectivity index (χ4n) is 2.04. The van der Waals surface area contributed by atoms with Crippen LogP contribution in [-0.2, 0) is 9.59 Å². The minimum absolute atomic E-state index is 0.00490. The molecule has 0 spiro atoms. The van der Waals surface area contributed by atoms with Gasteiger partial charge in [-0.1, -0.05) is 12.1 Å². The maximum absolute atomic E-state index is 11.9. The molecule has 0 bridgehead atoms. The third-order valence-corrected chi connectivity index (χ3v) is 3.13. The summed E-state index contributed by atoms with van der Waals surface area (Å²) in [4.78, 5) is 24.7. The average molecular weight is 277 g/mol. The van der Waals surface area contributed by atoms with E-state index in [-0.39, 0.29) is 18.4 Å². The summed E-state index contributed by atoms with van der Waals surface area (Å²) in [6.07, 6.45) is 0.435. The highest BCUT2D eigenvalue weighted by molar-refractivity contribution is 5.97. The van der Waals surface area contributed by atoms with E-state index in [0.717, 1.165) is 11.4 Å². The Balaban J connectivity index is 1.83. The van der Waals surface area contributed by atoms with Gasteiger partial charge in [-0.25, -0.2) is 0 Å². The van der Waals surface area contributed by atoms with Crippen LogP contribution >= 0.6 is 0 Å². The van der Waals surface area contributed by atoms with Crippen LogP contribution in [-0.4, -0.2) is 45.1 Å². The summed E-state index contributed by atoms with van der Waals surface area (Å²) in [5.41, 5.74) is 0.803. The van der Waals surface area contributed by atoms with Crippen LogP contribution < -0.4 is 20.3 Å². The van der Waals surface area contributed by atoms with Gasteiger partial charge in [-0.2, -0.15) is 0 Å². The quantitative estimate of drug-likeness (QED) is 0.726. The van der Waals surface area contributed by atoms with Crippen molar-refractivity contribution in [2.75, 3.05) is 38.2 Å². The summed E-state index contributed by atoms with van der Waals surface area (Å²) in [6, 6.07) is 7.49. The van der Waals surface area contributed by atoms with E-state index in [0.29, 0.717) is 26.1 Å². The lowest BCUT2D eigenvalue weighted by molar-refractivity contribution is -0.121. The van der Waals surface area contributed by atoms with E-state index in [1.807, 2.05) is 24.3 Å². The van der Waals surface area contributed by atoms with E-state index < -0.39 is 0 Å². The molecule has 2 N–H and O–H groups in total. The summed E-state index contributed by atoms with van der Waals surface area (Å²) in [5, 5.41) is 5.72. The Morgan fingerprint density at radius 3 is 2.95 bits per heavy atom. The van der Waals surface area contributed by atoms with Crippen LogP contribution in [0.3, 0.4) is 0 Å². The lowest BCUT2D eigenvalue weighted by Crippen LogP contribution is -2.42. The monoisotopic (exact) mass is 277 g/mol. The fourth-order valence-corrected chi connectivity index (χ4v) is 2.04. The van der Waals surface area contributed by atoms with Crippen molar-refractivity contribution in [2.24, 2.45) is 0 Å². The zero-order valence-electron chi connectivity index (χ0n) is 11.5. The van der Waals surface area contributed by atoms with E-state index in [9.17, 15) is 9.59 Å². The molecule has 0 saturated carbocycles. The van der Waals surface area contributed by atoms with Gasteiger partial charge < -0.3 is 20.3 Å². The number of fused-ring (bicyclic) bond motifs is 1. The Bertz CT molecular complexity index is 490. The topological polar surface area (TPSA) is 70.7 Å². The Hall–Kier alpha value is -2.08. The predicted molar refractivity (Wildman–Crippen MR) is 75.8 cm³/mol. The molecule has 0 unspecified atom stereocenters. The van der Waals surface area contributed by atoms with E-state index in [2.05, 4.69) is 10.6 Å². The SMILES string of the molecule is CNC(=O)CCNCCN1C(=O)COc2ccccc21. The van der Waals surface area contributed by atoms with E-state index in [4.69, 9.17) is 4.74 Å². The second-order valence-corrected chi connectivity index (χ2v) is 4.47. The van der Waals surface area contributed by atoms with Gasteiger partial charge in [0, 0.05) is 33.1 Å². The van der Waals surface area contributed by atoms with Crippen LogP contribution in [0.4, 0.5) is 5.69 Å². The van der Waals surface area contributed by atoms with Crippen molar-refractivity contribution in [3.05, 3.63) is 24.3 Å². The summed E-state index contributed by atoms with van der Waals surface area (Å²) < 4.78 is 5.37. The first-order chi connectivity index (χ1) is 9.72. The van der Waals surface area contributed by atoms with Crippen molar-refractivity contribution in [1.82, 2.24) is 10.6 Å². The number of carbonyl (C=O) groups excluding carboxylic acids is 2. The molecule has 6 heteroatoms. The van der Waals surface area contributed by atoms with Gasteiger partial charge in [-0.15, -0.1) is 0 Å². The van der Waals surface area contributed by atoms with Crippen molar-refractivity contribution in [2.45, 2.75) is 6.42 Å². The number of benzene rings is 1. The predicted octanol–water partition coefficient (Wildman–Crippen LogP) is 0.138. The summed E-state index contributed by atoms with van der Waals surface area (Å²) in [6.45, 7) is 1.87. The van der Waals surface area contributed by atoms with Crippen LogP contribution in [0, 0.1) is 0 Å². The second-order valence-electron chi connectivity index (χ2n) is 4.47. The first-order valence-corrected chi connectivity index (χ1v) is 6.66. The van der Waals surface area contributed by atoms with Crippen molar-refractivity contribution in [1.29, 1.82) is 0 Å². The average Bonchev–Trinajstić information content (AvgIpc) is 2.48. The number of nitrogens with one attached hydrogen (secondary N) is 2. The standard InChI is InChI=1S/C14H19N3O3/c1-15-13(18)6-7-16-8-9-17-11-4-2-3-5-12(11)20-10-14(17)19/h2-5,16H,6-10H2,1H3,(H,15,18). The van der Waals surface area contributed by atoms with Crippen LogP contribution in [0.2, 0.25) is 0 Å². The Morgan fingerprint density at radius 1 is 1.35 bits per heavy atom. The largest absolute Gasteiger partial charge is 0.482 e. The van der Waals surface area contributed by atoms with Gasteiger partial charge in [0.25, 0.3) is 5.91 Å². The van der Waals surface area contributed by atoms with E-state index in [1.165, 1.54) is 0 Å². The maximum Gasteiger partial charge on any atom is 0.265 e. The summed E-state index contributed by atoms with van der Waals surface area (Å²) >= 11 is 0. The second kappa shape index (κ2) is 6.91. The van der Waals surface area contributed by atoms with Crippen molar-refractivity contribution in [3.63, 3.8) is 0 Å². The van der Waals surface area contributed by atoms with Crippen LogP contribution in [0.5, 0.6) is 5.75 Å². The molecule has 1 heterocycles. The number of hydrogen-bond donors (Lipinski definition) is 2. The van der Waals surface area contributed by atoms with Crippen molar-refractivity contribution >= 4 is 17.5 Å². The van der Waals surface area contributed by atoms with Crippen LogP contribution in [0.15, 0.2) is 24.3 Å². The minimum Gasteiger partial charge on any atom is -0.482 e. The van der Waals surface area contributed by atoms with E-state index >= 15 is 0 Å². The molecule has 2 rings (SSSR count). The van der Waals surface area contributed by atoms with Gasteiger partial charge in [-0.05, 0) is 12.1 Å². The first-order valence-electron chi connectivity index (χ1n) is 6.66. The number of ether oxygens (including phenoxy) is 1. The molecule has 20 heavy (non-hydrogen) atoms. The minimum atomic E-state index is -0.0446. The molecule has 1 aromatic carbocycles. The highest BCUT2D eigenvalue weighted by Crippen LogP contribution is 2.30. The smallest absolute Gasteiger partial charge is 0.265 e. The molecule has 0 aliphatic carbocycles. The zero-order valence-corrected chi connectivity index (χ0v) is 11.5. The number of amides is 2. The number of hydrogen-bond acceptors (Lipinski definition) is 4. The normalized spacial score (nSPS) is 13.7. The number of para-hydroxylation sites is 2. The molecule has 0 radical (unpaired) electrons. The summed E-state index contributed by atoms with van der Waals surface area (Å²) in [7, 11) is 1.62. The molecule has 1 aliphatic rings. The van der Waals surface area contributed by atoms with Gasteiger partial charge >= 0.3 is 0 Å². The lowest BCUT2D eigenvalue weighted by Gasteiger charge is -2.29. The molecule has 0 atom stereocenters. The molecule has 108 valence electrons. The molecule has 6 nitrogen and oxygen atoms in total. The third-order valence-electron chi connectivity index (χ3n) is 3.13. The molecule has 1 aliphatic heterocycles. The molecule has 1 aromatic rings. The number of rotatable bonds is 6. The van der Waals surface area contributed by atoms with Gasteiger partial charge in [0.15, 0.2) is 6.61 Å². The fraction of sp³-hybridized carbons (Fsp3) is 0.429. The van der Waals surface area contributed by atoms with Crippen molar-refractivity contribution in [3.8, 4) is 5.75 Å². The van der Waals surface area contributed by atoms with Gasteiger partial charge in [0.2, 0.25) is 5.91 Å². The molecular weight excluding hydrogens is 258 g/mol. The van der Waals surface area contributed by atoms with Crippen LogP contribution in [0.1, 0.15) is 6.42 Å². The van der Waals surface area contributed by atoms with E-state index in [1.54, 1.807) is 11.9 Å². The van der Waals surface area contributed by atoms with Gasteiger partial charge in [-0.3, -0.25) is 9.59 Å². The van der Waals surface area contributed by atoms with Gasteiger partial charge in [0.1, 0.15) is 5.75 Å². The third kappa shape index (κ3) is 3.48. The molecule has 0 fully saturated rings. The Morgan fingerprint density at radius 2 is 2.15 bits per heavy atom. The lowest BCUT2D eigenvalue weighted by atomic mass is 10.2. The molecule has 0 saturated heterocycles. The number of anilines is 1. The Kier molecular flexibility index (Phi) is 4.95. The highest BCUT2D eigenvalue weighted by Gasteiger charge is 2.24. The molecule has 2 amide bonds. The highest BCUT2D eigenvalue weighted by atomic mass is 16.5. The first kappa shape index (κ1) is 14.3. The Labute approximate surface area is 118 Å². The zero-order chi connectivity index (χ0) is 14.4. The van der Waals surface area contributed by atoms with Gasteiger partial charge in [0.05, 0.1) is 5.69 Å². The number of nitrogens with zero attached hydrogens (tertiary/aromatic N) is 1. The summed E-state index contributed by atoms with van der Waals surface area (Å²) in [5.74, 6) is 0.694. The number of carbonyl (C=O) groups is 2. The van der Waals surface area contributed by atoms with Crippen molar-refractivity contribution < 1.29 is 14.3 Å². The molecule has 0 aromatic heterocycles.